The largest absolute Gasteiger partial charge is 0.507 e. The maximum Gasteiger partial charge on any atom is 0.402 e. The van der Waals surface area contributed by atoms with Gasteiger partial charge in [0.15, 0.2) is 11.5 Å². The van der Waals surface area contributed by atoms with Gasteiger partial charge < -0.3 is 54.7 Å². The maximum atomic E-state index is 11.6. The van der Waals surface area contributed by atoms with Crippen LogP contribution in [-0.4, -0.2) is 86.1 Å². The third kappa shape index (κ3) is 5.17. The number of carbonyl (C=O) groups excluding carboxylic acids is 1. The molecule has 204 valence electrons. The first kappa shape index (κ1) is 27.0. The molecule has 1 fully saturated rings. The number of ether oxygens (including phenoxy) is 4. The molecule has 0 saturated carbocycles. The zero-order chi connectivity index (χ0) is 27.7. The fourth-order valence-electron chi connectivity index (χ4n) is 3.91. The van der Waals surface area contributed by atoms with Gasteiger partial charge in [-0.25, -0.2) is 4.42 Å². The number of rotatable bonds is 7. The zero-order valence-corrected chi connectivity index (χ0v) is 20.3. The van der Waals surface area contributed by atoms with E-state index < -0.39 is 54.8 Å². The number of phenolic OH excluding ortho intramolecular Hbond substituents is 4. The topological polar surface area (TPSA) is 207 Å². The highest BCUT2D eigenvalue weighted by Crippen LogP contribution is 2.45. The van der Waals surface area contributed by atoms with Gasteiger partial charge in [-0.15, -0.1) is 0 Å². The van der Waals surface area contributed by atoms with E-state index in [1.807, 2.05) is 0 Å². The van der Waals surface area contributed by atoms with Crippen molar-refractivity contribution in [3.8, 4) is 45.8 Å². The maximum absolute atomic E-state index is 11.6. The van der Waals surface area contributed by atoms with Crippen molar-refractivity contribution < 1.29 is 63.9 Å². The van der Waals surface area contributed by atoms with Gasteiger partial charge in [0.2, 0.25) is 17.8 Å². The van der Waals surface area contributed by atoms with E-state index in [2.05, 4.69) is 0 Å². The Bertz CT molecular complexity index is 1340. The van der Waals surface area contributed by atoms with E-state index in [0.29, 0.717) is 0 Å². The third-order valence-electron chi connectivity index (χ3n) is 5.96. The molecule has 0 unspecified atom stereocenters. The number of esters is 1. The molecule has 0 radical (unpaired) electrons. The number of aliphatic hydroxyl groups excluding tert-OH is 3. The van der Waals surface area contributed by atoms with Crippen molar-refractivity contribution in [2.24, 2.45) is 0 Å². The van der Waals surface area contributed by atoms with Gasteiger partial charge in [0.25, 0.3) is 0 Å². The predicted molar refractivity (Wildman–Crippen MR) is 128 cm³/mol. The van der Waals surface area contributed by atoms with Crippen LogP contribution in [0.3, 0.4) is 0 Å². The van der Waals surface area contributed by atoms with E-state index in [4.69, 9.17) is 23.4 Å². The highest BCUT2D eigenvalue weighted by Gasteiger charge is 2.46. The minimum Gasteiger partial charge on any atom is -0.507 e. The molecule has 1 aromatic heterocycles. The van der Waals surface area contributed by atoms with Crippen LogP contribution in [-0.2, 0) is 14.3 Å². The smallest absolute Gasteiger partial charge is 0.402 e. The van der Waals surface area contributed by atoms with Crippen LogP contribution in [0.1, 0.15) is 13.3 Å². The molecule has 1 aliphatic rings. The number of carbonyl (C=O) groups is 1. The first-order chi connectivity index (χ1) is 18.0. The molecule has 13 nitrogen and oxygen atoms in total. The highest BCUT2D eigenvalue weighted by molar-refractivity contribution is 5.88. The Morgan fingerprint density at radius 2 is 1.68 bits per heavy atom. The molecule has 0 spiro atoms. The number of hydrogen-bond donors (Lipinski definition) is 7. The number of methoxy groups -OCH3 is 1. The second-order valence-corrected chi connectivity index (χ2v) is 8.53. The van der Waals surface area contributed by atoms with Gasteiger partial charge in [0.1, 0.15) is 47.9 Å². The number of aliphatic hydroxyl groups is 3. The van der Waals surface area contributed by atoms with Crippen LogP contribution in [0.25, 0.3) is 22.3 Å². The van der Waals surface area contributed by atoms with Crippen LogP contribution < -0.4 is 9.47 Å². The van der Waals surface area contributed by atoms with E-state index in [1.165, 1.54) is 25.3 Å². The molecule has 2 aromatic carbocycles. The Labute approximate surface area is 215 Å². The van der Waals surface area contributed by atoms with Crippen molar-refractivity contribution >= 4 is 16.9 Å². The summed E-state index contributed by atoms with van der Waals surface area (Å²) in [6, 6.07) is 5.99. The third-order valence-corrected chi connectivity index (χ3v) is 5.96. The Balaban J connectivity index is 1.79. The summed E-state index contributed by atoms with van der Waals surface area (Å²) in [5.41, 5.74) is 0.109. The molecule has 13 heteroatoms. The number of fused-ring (bicyclic) bond motifs is 1. The highest BCUT2D eigenvalue weighted by atomic mass is 16.7. The molecule has 4 rings (SSSR count). The summed E-state index contributed by atoms with van der Waals surface area (Å²) in [6.07, 6.45) is -7.96. The molecule has 3 aromatic rings. The second kappa shape index (κ2) is 10.8. The Hall–Kier alpha value is -4.04. The molecule has 0 bridgehead atoms. The van der Waals surface area contributed by atoms with Crippen LogP contribution in [0.15, 0.2) is 34.7 Å². The van der Waals surface area contributed by atoms with Crippen LogP contribution in [0.2, 0.25) is 0 Å². The summed E-state index contributed by atoms with van der Waals surface area (Å²) in [7, 11) is 1.26. The quantitative estimate of drug-likeness (QED) is 0.130. The molecule has 0 amide bonds. The van der Waals surface area contributed by atoms with Gasteiger partial charge in [-0.3, -0.25) is 4.79 Å². The zero-order valence-electron chi connectivity index (χ0n) is 20.3. The molecule has 1 saturated heterocycles. The number of phenols is 4. The molecular weight excluding hydrogens is 508 g/mol. The van der Waals surface area contributed by atoms with Crippen molar-refractivity contribution in [3.63, 3.8) is 0 Å². The van der Waals surface area contributed by atoms with Crippen LogP contribution >= 0.6 is 0 Å². The number of benzene rings is 2. The number of aromatic hydroxyl groups is 4. The molecule has 7 N–H and O–H groups in total. The van der Waals surface area contributed by atoms with Crippen LogP contribution in [0.5, 0.6) is 34.5 Å². The summed E-state index contributed by atoms with van der Waals surface area (Å²) in [5, 5.41) is 71.8. The fraction of sp³-hybridized carbons (Fsp3) is 0.360. The van der Waals surface area contributed by atoms with E-state index in [0.717, 1.165) is 12.1 Å². The van der Waals surface area contributed by atoms with Crippen LogP contribution in [0.4, 0.5) is 0 Å². The molecule has 2 heterocycles. The fourth-order valence-corrected chi connectivity index (χ4v) is 3.91. The normalized spacial score (nSPS) is 23.2. The van der Waals surface area contributed by atoms with Crippen molar-refractivity contribution in [1.82, 2.24) is 0 Å². The van der Waals surface area contributed by atoms with Gasteiger partial charge in [0.05, 0.1) is 18.7 Å². The predicted octanol–water partition coefficient (Wildman–Crippen LogP) is 1.35. The summed E-state index contributed by atoms with van der Waals surface area (Å²) in [4.78, 5) is 11.6. The number of hydrogen-bond acceptors (Lipinski definition) is 12. The van der Waals surface area contributed by atoms with E-state index in [-0.39, 0.29) is 51.7 Å². The summed E-state index contributed by atoms with van der Waals surface area (Å²) >= 11 is 0. The van der Waals surface area contributed by atoms with Gasteiger partial charge in [-0.2, -0.15) is 0 Å². The van der Waals surface area contributed by atoms with Crippen molar-refractivity contribution in [2.45, 2.75) is 44.1 Å². The summed E-state index contributed by atoms with van der Waals surface area (Å²) < 4.78 is 27.4. The average molecular weight is 535 g/mol. The first-order valence-corrected chi connectivity index (χ1v) is 11.5. The molecular formula is C25H27O13+. The SMILES string of the molecule is CCC(=O)OC[C@H]1O[C@@H](Oc2cc3c(O)cc(O)cc3[o+]c2-c2cc(O)c(O)c(OC)c2)[C@H](O)[C@@H](O)[C@@H]1O. The lowest BCUT2D eigenvalue weighted by atomic mass is 9.99. The molecule has 1 aliphatic heterocycles. The Morgan fingerprint density at radius 1 is 0.947 bits per heavy atom. The summed E-state index contributed by atoms with van der Waals surface area (Å²) in [5.74, 6) is -2.79. The lowest BCUT2D eigenvalue weighted by Crippen LogP contribution is -2.60. The molecule has 5 atom stereocenters. The standard InChI is InChI=1S/C25H26O13/c1-3-19(29)35-9-18-21(31)22(32)23(33)25(38-18)37-17-8-12-13(27)6-11(26)7-15(12)36-24(17)10-4-14(28)20(30)16(5-10)34-2/h4-8,18,21-23,25,31-33H,3,9H2,1-2H3,(H3-,26,27,28,30)/p+1/t18-,21-,22+,23-,25-/m1/s1. The molecule has 0 aliphatic carbocycles. The van der Waals surface area contributed by atoms with Crippen LogP contribution in [0, 0.1) is 0 Å². The van der Waals surface area contributed by atoms with Gasteiger partial charge >= 0.3 is 17.3 Å². The monoisotopic (exact) mass is 535 g/mol. The second-order valence-electron chi connectivity index (χ2n) is 8.53. The lowest BCUT2D eigenvalue weighted by Gasteiger charge is -2.39. The van der Waals surface area contributed by atoms with E-state index in [1.54, 1.807) is 6.92 Å². The van der Waals surface area contributed by atoms with E-state index >= 15 is 0 Å². The van der Waals surface area contributed by atoms with Crippen molar-refractivity contribution in [1.29, 1.82) is 0 Å². The van der Waals surface area contributed by atoms with Gasteiger partial charge in [-0.05, 0) is 0 Å². The summed E-state index contributed by atoms with van der Waals surface area (Å²) in [6.45, 7) is 1.14. The minimum absolute atomic E-state index is 0.00121. The van der Waals surface area contributed by atoms with Gasteiger partial charge in [-0.1, -0.05) is 6.92 Å². The molecule has 38 heavy (non-hydrogen) atoms. The Morgan fingerprint density at radius 3 is 2.37 bits per heavy atom. The first-order valence-electron chi connectivity index (χ1n) is 11.5. The van der Waals surface area contributed by atoms with Crippen molar-refractivity contribution in [2.75, 3.05) is 13.7 Å². The lowest BCUT2D eigenvalue weighted by molar-refractivity contribution is -0.278. The van der Waals surface area contributed by atoms with Crippen molar-refractivity contribution in [3.05, 3.63) is 30.3 Å². The minimum atomic E-state index is -1.78. The average Bonchev–Trinajstić information content (AvgIpc) is 2.89. The van der Waals surface area contributed by atoms with Gasteiger partial charge in [0, 0.05) is 30.7 Å². The Kier molecular flexibility index (Phi) is 7.64. The van der Waals surface area contributed by atoms with E-state index in [9.17, 15) is 40.5 Å².